The Morgan fingerprint density at radius 3 is 2.41 bits per heavy atom. The van der Waals surface area contributed by atoms with Gasteiger partial charge in [-0.3, -0.25) is 13.8 Å². The topological polar surface area (TPSA) is 57.7 Å². The Labute approximate surface area is 172 Å². The second kappa shape index (κ2) is 8.06. The number of benzene rings is 2. The average molecular weight is 415 g/mol. The molecule has 1 spiro atoms. The number of carbonyl (C=O) groups is 2. The van der Waals surface area contributed by atoms with Crippen molar-refractivity contribution in [1.29, 1.82) is 0 Å². The van der Waals surface area contributed by atoms with E-state index >= 15 is 0 Å². The predicted octanol–water partition coefficient (Wildman–Crippen LogP) is 2.48. The minimum absolute atomic E-state index is 0.00667. The summed E-state index contributed by atoms with van der Waals surface area (Å²) in [7, 11) is -1.33. The van der Waals surface area contributed by atoms with E-state index in [2.05, 4.69) is 0 Å². The third-order valence-electron chi connectivity index (χ3n) is 5.80. The van der Waals surface area contributed by atoms with Crippen LogP contribution in [0, 0.1) is 5.82 Å². The van der Waals surface area contributed by atoms with Gasteiger partial charge >= 0.3 is 0 Å². The molecule has 2 fully saturated rings. The maximum Gasteiger partial charge on any atom is 0.236 e. The van der Waals surface area contributed by atoms with Crippen molar-refractivity contribution in [2.45, 2.75) is 30.7 Å². The summed E-state index contributed by atoms with van der Waals surface area (Å²) in [6.45, 7) is 1.16. The average Bonchev–Trinajstić information content (AvgIpc) is 2.93. The normalized spacial score (nSPS) is 21.0. The van der Waals surface area contributed by atoms with Crippen LogP contribution in [0.3, 0.4) is 0 Å². The first kappa shape index (κ1) is 19.8. The summed E-state index contributed by atoms with van der Waals surface area (Å²) in [5, 5.41) is 0. The van der Waals surface area contributed by atoms with E-state index in [0.717, 1.165) is 5.56 Å². The smallest absolute Gasteiger partial charge is 0.236 e. The molecule has 5 nitrogen and oxygen atoms in total. The number of likely N-dealkylation sites (tertiary alicyclic amines) is 1. The molecule has 7 heteroatoms. The summed E-state index contributed by atoms with van der Waals surface area (Å²) in [4.78, 5) is 27.9. The molecule has 152 valence electrons. The zero-order valence-corrected chi connectivity index (χ0v) is 16.9. The number of rotatable bonds is 4. The van der Waals surface area contributed by atoms with Gasteiger partial charge in [0.1, 0.15) is 16.4 Å². The van der Waals surface area contributed by atoms with E-state index < -0.39 is 15.7 Å². The molecule has 0 radical (unpaired) electrons. The van der Waals surface area contributed by atoms with Crippen molar-refractivity contribution < 1.29 is 18.2 Å². The number of amides is 2. The van der Waals surface area contributed by atoms with Crippen LogP contribution in [0.5, 0.6) is 0 Å². The summed E-state index contributed by atoms with van der Waals surface area (Å²) in [5.74, 6) is -0.493. The van der Waals surface area contributed by atoms with Crippen molar-refractivity contribution in [3.8, 4) is 0 Å². The first-order valence-electron chi connectivity index (χ1n) is 9.73. The largest absolute Gasteiger partial charge is 0.342 e. The van der Waals surface area contributed by atoms with Gasteiger partial charge in [0, 0.05) is 32.5 Å². The molecule has 2 aliphatic heterocycles. The summed E-state index contributed by atoms with van der Waals surface area (Å²) in [6, 6.07) is 15.7. The van der Waals surface area contributed by atoms with Gasteiger partial charge in [0.05, 0.1) is 17.2 Å². The molecular formula is C22H23FN2O3S. The van der Waals surface area contributed by atoms with E-state index in [1.54, 1.807) is 21.9 Å². The Balaban J connectivity index is 1.46. The van der Waals surface area contributed by atoms with Gasteiger partial charge in [0.25, 0.3) is 0 Å². The Hall–Kier alpha value is -2.54. The molecule has 0 aromatic heterocycles. The highest BCUT2D eigenvalue weighted by Gasteiger charge is 2.53. The molecule has 0 N–H and O–H groups in total. The van der Waals surface area contributed by atoms with Gasteiger partial charge in [0.2, 0.25) is 11.8 Å². The lowest BCUT2D eigenvalue weighted by atomic mass is 10.00. The van der Waals surface area contributed by atoms with Crippen LogP contribution < -0.4 is 0 Å². The molecule has 4 rings (SSSR count). The predicted molar refractivity (Wildman–Crippen MR) is 109 cm³/mol. The van der Waals surface area contributed by atoms with E-state index in [4.69, 9.17) is 0 Å². The van der Waals surface area contributed by atoms with E-state index in [1.165, 1.54) is 12.1 Å². The first-order chi connectivity index (χ1) is 14.0. The van der Waals surface area contributed by atoms with Crippen molar-refractivity contribution in [3.05, 3.63) is 71.5 Å². The quantitative estimate of drug-likeness (QED) is 0.772. The van der Waals surface area contributed by atoms with Crippen LogP contribution in [0.25, 0.3) is 0 Å². The molecule has 0 saturated carbocycles. The van der Waals surface area contributed by atoms with Gasteiger partial charge in [-0.05, 0) is 23.3 Å². The number of nitrogens with zero attached hydrogens (tertiary/aromatic N) is 2. The molecule has 2 saturated heterocycles. The number of piperidine rings is 1. The molecule has 2 aliphatic rings. The van der Waals surface area contributed by atoms with Crippen LogP contribution in [0.2, 0.25) is 0 Å². The van der Waals surface area contributed by atoms with Crippen molar-refractivity contribution in [2.24, 2.45) is 0 Å². The molecule has 1 atom stereocenters. The molecule has 2 aromatic rings. The number of halogens is 1. The highest BCUT2D eigenvalue weighted by molar-refractivity contribution is 7.87. The third kappa shape index (κ3) is 3.96. The molecule has 2 heterocycles. The molecule has 0 bridgehead atoms. The zero-order valence-electron chi connectivity index (χ0n) is 16.1. The third-order valence-corrected chi connectivity index (χ3v) is 7.78. The fourth-order valence-corrected chi connectivity index (χ4v) is 5.91. The maximum atomic E-state index is 13.6. The molecule has 1 unspecified atom stereocenters. The molecule has 0 aliphatic carbocycles. The fraction of sp³-hybridized carbons (Fsp3) is 0.364. The Morgan fingerprint density at radius 2 is 1.72 bits per heavy atom. The molecule has 29 heavy (non-hydrogen) atoms. The summed E-state index contributed by atoms with van der Waals surface area (Å²) >= 11 is 0. The van der Waals surface area contributed by atoms with E-state index in [0.29, 0.717) is 37.9 Å². The van der Waals surface area contributed by atoms with Crippen molar-refractivity contribution in [2.75, 3.05) is 18.8 Å². The number of hydrogen-bond acceptors (Lipinski definition) is 3. The second-order valence-electron chi connectivity index (χ2n) is 7.59. The lowest BCUT2D eigenvalue weighted by Gasteiger charge is -2.43. The maximum absolute atomic E-state index is 13.6. The van der Waals surface area contributed by atoms with Crippen LogP contribution in [0.1, 0.15) is 24.0 Å². The SMILES string of the molecule is O=C(Cc1ccccc1)N1CCC2(CC1)N(Cc1cccc(F)c1)C(=O)CS2=O. The fourth-order valence-electron chi connectivity index (χ4n) is 4.21. The van der Waals surface area contributed by atoms with Crippen LogP contribution in [0.4, 0.5) is 4.39 Å². The Bertz CT molecular complexity index is 942. The summed E-state index contributed by atoms with van der Waals surface area (Å²) < 4.78 is 26.4. The van der Waals surface area contributed by atoms with Gasteiger partial charge < -0.3 is 9.80 Å². The lowest BCUT2D eigenvalue weighted by molar-refractivity contribution is -0.135. The molecule has 2 amide bonds. The Kier molecular flexibility index (Phi) is 5.50. The number of hydrogen-bond donors (Lipinski definition) is 0. The standard InChI is InChI=1S/C22H23FN2O3S/c23-19-8-4-7-18(13-19)15-25-21(27)16-29(28)22(25)9-11-24(12-10-22)20(26)14-17-5-2-1-3-6-17/h1-8,13H,9-12,14-16H2. The van der Waals surface area contributed by atoms with Crippen LogP contribution >= 0.6 is 0 Å². The summed E-state index contributed by atoms with van der Waals surface area (Å²) in [5.41, 5.74) is 1.64. The van der Waals surface area contributed by atoms with Crippen LogP contribution in [-0.2, 0) is 33.4 Å². The minimum atomic E-state index is -1.33. The summed E-state index contributed by atoms with van der Waals surface area (Å²) in [6.07, 6.45) is 1.28. The first-order valence-corrected chi connectivity index (χ1v) is 11.0. The Morgan fingerprint density at radius 1 is 1.03 bits per heavy atom. The van der Waals surface area contributed by atoms with Gasteiger partial charge in [-0.25, -0.2) is 4.39 Å². The highest BCUT2D eigenvalue weighted by atomic mass is 32.2. The lowest BCUT2D eigenvalue weighted by Crippen LogP contribution is -2.55. The van der Waals surface area contributed by atoms with Crippen LogP contribution in [0.15, 0.2) is 54.6 Å². The van der Waals surface area contributed by atoms with Gasteiger partial charge in [-0.15, -0.1) is 0 Å². The molecule has 2 aromatic carbocycles. The minimum Gasteiger partial charge on any atom is -0.342 e. The molecular weight excluding hydrogens is 391 g/mol. The van der Waals surface area contributed by atoms with Crippen molar-refractivity contribution in [3.63, 3.8) is 0 Å². The zero-order chi connectivity index (χ0) is 20.4. The van der Waals surface area contributed by atoms with Gasteiger partial charge in [-0.1, -0.05) is 42.5 Å². The van der Waals surface area contributed by atoms with Crippen LogP contribution in [-0.4, -0.2) is 49.5 Å². The second-order valence-corrected chi connectivity index (χ2v) is 9.33. The highest BCUT2D eigenvalue weighted by Crippen LogP contribution is 2.38. The van der Waals surface area contributed by atoms with E-state index in [-0.39, 0.29) is 29.9 Å². The number of carbonyl (C=O) groups excluding carboxylic acids is 2. The van der Waals surface area contributed by atoms with Crippen molar-refractivity contribution >= 4 is 22.6 Å². The van der Waals surface area contributed by atoms with Gasteiger partial charge in [-0.2, -0.15) is 0 Å². The van der Waals surface area contributed by atoms with E-state index in [9.17, 15) is 18.2 Å². The van der Waals surface area contributed by atoms with E-state index in [1.807, 2.05) is 30.3 Å². The van der Waals surface area contributed by atoms with Crippen molar-refractivity contribution in [1.82, 2.24) is 9.80 Å². The van der Waals surface area contributed by atoms with Gasteiger partial charge in [0.15, 0.2) is 0 Å². The monoisotopic (exact) mass is 414 g/mol.